The van der Waals surface area contributed by atoms with Crippen LogP contribution in [0, 0.1) is 11.7 Å². The molecule has 5 heteroatoms. The van der Waals surface area contributed by atoms with E-state index in [1.165, 1.54) is 18.2 Å². The number of hydrogen-bond acceptors (Lipinski definition) is 3. The number of amides is 1. The van der Waals surface area contributed by atoms with Gasteiger partial charge in [0.05, 0.1) is 6.26 Å². The van der Waals surface area contributed by atoms with Crippen LogP contribution in [0.5, 0.6) is 5.75 Å². The number of phenolic OH excluding ortho intramolecular Hbond substituents is 1. The highest BCUT2D eigenvalue weighted by Gasteiger charge is 2.46. The number of benzene rings is 1. The summed E-state index contributed by atoms with van der Waals surface area (Å²) in [4.78, 5) is 12.0. The van der Waals surface area contributed by atoms with Crippen LogP contribution in [-0.2, 0) is 4.79 Å². The van der Waals surface area contributed by atoms with Crippen LogP contribution in [0.25, 0.3) is 0 Å². The van der Waals surface area contributed by atoms with E-state index < -0.39 is 5.82 Å². The van der Waals surface area contributed by atoms with Gasteiger partial charge in [0.25, 0.3) is 0 Å². The molecule has 2 N–H and O–H groups in total. The van der Waals surface area contributed by atoms with Crippen molar-refractivity contribution in [1.82, 2.24) is 0 Å². The van der Waals surface area contributed by atoms with Gasteiger partial charge in [-0.2, -0.15) is 0 Å². The molecule has 1 aliphatic rings. The number of phenols is 1. The lowest BCUT2D eigenvalue weighted by atomic mass is 10.2. The quantitative estimate of drug-likeness (QED) is 0.835. The number of carbonyl (C=O) groups excluding carboxylic acids is 1. The summed E-state index contributed by atoms with van der Waals surface area (Å²) in [6.07, 6.45) is 2.24. The Morgan fingerprint density at radius 2 is 2.21 bits per heavy atom. The van der Waals surface area contributed by atoms with Gasteiger partial charge in [0.15, 0.2) is 5.82 Å². The van der Waals surface area contributed by atoms with E-state index in [4.69, 9.17) is 4.42 Å². The van der Waals surface area contributed by atoms with Crippen molar-refractivity contribution < 1.29 is 18.7 Å². The van der Waals surface area contributed by atoms with Crippen molar-refractivity contribution in [3.63, 3.8) is 0 Å². The molecule has 0 saturated heterocycles. The number of aromatic hydroxyl groups is 1. The van der Waals surface area contributed by atoms with E-state index in [1.54, 1.807) is 12.3 Å². The number of furan rings is 1. The molecule has 1 amide bonds. The molecule has 19 heavy (non-hydrogen) atoms. The standard InChI is InChI=1S/C14H12FNO3/c15-10-3-1-4-11(17)13(10)16-14(18)9-7-8(9)12-5-2-6-19-12/h1-6,8-9,17H,7H2,(H,16,18)/t8-,9+/m0/s1. The molecule has 0 aliphatic heterocycles. The zero-order valence-corrected chi connectivity index (χ0v) is 9.97. The van der Waals surface area contributed by atoms with Crippen LogP contribution in [0.1, 0.15) is 18.1 Å². The summed E-state index contributed by atoms with van der Waals surface area (Å²) in [5.41, 5.74) is -0.169. The fourth-order valence-corrected chi connectivity index (χ4v) is 2.15. The topological polar surface area (TPSA) is 62.5 Å². The van der Waals surface area contributed by atoms with Gasteiger partial charge in [-0.15, -0.1) is 0 Å². The number of para-hydroxylation sites is 1. The maximum Gasteiger partial charge on any atom is 0.228 e. The van der Waals surface area contributed by atoms with Crippen molar-refractivity contribution in [3.05, 3.63) is 48.2 Å². The van der Waals surface area contributed by atoms with Crippen LogP contribution in [0.15, 0.2) is 41.0 Å². The van der Waals surface area contributed by atoms with Crippen LogP contribution in [-0.4, -0.2) is 11.0 Å². The van der Waals surface area contributed by atoms with E-state index in [0.29, 0.717) is 6.42 Å². The SMILES string of the molecule is O=C(Nc1c(O)cccc1F)[C@@H]1C[C@@H]1c1ccco1. The van der Waals surface area contributed by atoms with Crippen molar-refractivity contribution in [2.45, 2.75) is 12.3 Å². The lowest BCUT2D eigenvalue weighted by Crippen LogP contribution is -2.15. The average molecular weight is 261 g/mol. The highest BCUT2D eigenvalue weighted by atomic mass is 19.1. The second-order valence-electron chi connectivity index (χ2n) is 4.59. The summed E-state index contributed by atoms with van der Waals surface area (Å²) in [6, 6.07) is 7.48. The van der Waals surface area contributed by atoms with Crippen molar-refractivity contribution >= 4 is 11.6 Å². The third-order valence-electron chi connectivity index (χ3n) is 3.28. The summed E-state index contributed by atoms with van der Waals surface area (Å²) in [6.45, 7) is 0. The maximum atomic E-state index is 13.5. The highest BCUT2D eigenvalue weighted by molar-refractivity contribution is 5.96. The summed E-state index contributed by atoms with van der Waals surface area (Å²) < 4.78 is 18.7. The Morgan fingerprint density at radius 3 is 2.89 bits per heavy atom. The molecular weight excluding hydrogens is 249 g/mol. The Kier molecular flexibility index (Phi) is 2.74. The first-order valence-corrected chi connectivity index (χ1v) is 5.98. The minimum absolute atomic E-state index is 0.0453. The van der Waals surface area contributed by atoms with Crippen molar-refractivity contribution in [2.75, 3.05) is 5.32 Å². The molecule has 2 atom stereocenters. The molecule has 1 saturated carbocycles. The molecule has 4 nitrogen and oxygen atoms in total. The number of nitrogens with one attached hydrogen (secondary N) is 1. The molecular formula is C14H12FNO3. The smallest absolute Gasteiger partial charge is 0.228 e. The van der Waals surface area contributed by atoms with Crippen LogP contribution < -0.4 is 5.32 Å². The van der Waals surface area contributed by atoms with Crippen LogP contribution >= 0.6 is 0 Å². The minimum Gasteiger partial charge on any atom is -0.506 e. The summed E-state index contributed by atoms with van der Waals surface area (Å²) >= 11 is 0. The fourth-order valence-electron chi connectivity index (χ4n) is 2.15. The van der Waals surface area contributed by atoms with Crippen molar-refractivity contribution in [1.29, 1.82) is 0 Å². The number of hydrogen-bond donors (Lipinski definition) is 2. The first kappa shape index (κ1) is 11.8. The molecule has 98 valence electrons. The number of rotatable bonds is 3. The van der Waals surface area contributed by atoms with E-state index >= 15 is 0 Å². The molecule has 3 rings (SSSR count). The van der Waals surface area contributed by atoms with Crippen LogP contribution in [0.3, 0.4) is 0 Å². The Labute approximate surface area is 108 Å². The van der Waals surface area contributed by atoms with E-state index in [1.807, 2.05) is 6.07 Å². The summed E-state index contributed by atoms with van der Waals surface area (Å²) in [5.74, 6) is -0.652. The van der Waals surface area contributed by atoms with Gasteiger partial charge in [-0.25, -0.2) is 4.39 Å². The molecule has 2 aromatic rings. The minimum atomic E-state index is -0.649. The predicted octanol–water partition coefficient (Wildman–Crippen LogP) is 2.87. The molecule has 1 aromatic heterocycles. The zero-order valence-electron chi connectivity index (χ0n) is 9.97. The second kappa shape index (κ2) is 4.42. The van der Waals surface area contributed by atoms with E-state index in [2.05, 4.69) is 5.32 Å². The average Bonchev–Trinajstić information content (AvgIpc) is 3.00. The number of carbonyl (C=O) groups is 1. The predicted molar refractivity (Wildman–Crippen MR) is 66.3 cm³/mol. The van der Waals surface area contributed by atoms with Gasteiger partial charge >= 0.3 is 0 Å². The molecule has 0 bridgehead atoms. The molecule has 1 aromatic carbocycles. The lowest BCUT2D eigenvalue weighted by Gasteiger charge is -2.07. The Morgan fingerprint density at radius 1 is 1.37 bits per heavy atom. The third-order valence-corrected chi connectivity index (χ3v) is 3.28. The first-order chi connectivity index (χ1) is 9.16. The lowest BCUT2D eigenvalue weighted by molar-refractivity contribution is -0.117. The normalized spacial score (nSPS) is 21.1. The largest absolute Gasteiger partial charge is 0.506 e. The molecule has 0 radical (unpaired) electrons. The van der Waals surface area contributed by atoms with Gasteiger partial charge in [0.2, 0.25) is 5.91 Å². The van der Waals surface area contributed by atoms with Crippen LogP contribution in [0.4, 0.5) is 10.1 Å². The van der Waals surface area contributed by atoms with E-state index in [0.717, 1.165) is 5.76 Å². The molecule has 0 unspecified atom stereocenters. The van der Waals surface area contributed by atoms with Gasteiger partial charge < -0.3 is 14.8 Å². The molecule has 0 spiro atoms. The van der Waals surface area contributed by atoms with Gasteiger partial charge in [0, 0.05) is 11.8 Å². The number of halogens is 1. The van der Waals surface area contributed by atoms with Crippen molar-refractivity contribution in [3.8, 4) is 5.75 Å². The zero-order chi connectivity index (χ0) is 13.4. The van der Waals surface area contributed by atoms with Crippen molar-refractivity contribution in [2.24, 2.45) is 5.92 Å². The van der Waals surface area contributed by atoms with Gasteiger partial charge in [-0.05, 0) is 30.7 Å². The maximum absolute atomic E-state index is 13.5. The van der Waals surface area contributed by atoms with E-state index in [-0.39, 0.29) is 29.2 Å². The molecule has 1 fully saturated rings. The van der Waals surface area contributed by atoms with Crippen LogP contribution in [0.2, 0.25) is 0 Å². The fraction of sp³-hybridized carbons (Fsp3) is 0.214. The van der Waals surface area contributed by atoms with Gasteiger partial charge in [0.1, 0.15) is 17.2 Å². The third kappa shape index (κ3) is 2.19. The van der Waals surface area contributed by atoms with E-state index in [9.17, 15) is 14.3 Å². The first-order valence-electron chi connectivity index (χ1n) is 5.98. The summed E-state index contributed by atoms with van der Waals surface area (Å²) in [7, 11) is 0. The van der Waals surface area contributed by atoms with Gasteiger partial charge in [-0.3, -0.25) is 4.79 Å². The Balaban J connectivity index is 1.70. The highest BCUT2D eigenvalue weighted by Crippen LogP contribution is 2.48. The molecule has 1 aliphatic carbocycles. The molecule has 1 heterocycles. The Bertz CT molecular complexity index is 589. The summed E-state index contributed by atoms with van der Waals surface area (Å²) in [5, 5.41) is 11.9. The van der Waals surface area contributed by atoms with Gasteiger partial charge in [-0.1, -0.05) is 6.07 Å². The monoisotopic (exact) mass is 261 g/mol. The second-order valence-corrected chi connectivity index (χ2v) is 4.59. The Hall–Kier alpha value is -2.30. The number of anilines is 1.